The lowest BCUT2D eigenvalue weighted by atomic mass is 9.86. The molecule has 16 heteroatoms. The highest BCUT2D eigenvalue weighted by atomic mass is 32.2. The zero-order valence-electron chi connectivity index (χ0n) is 31.9. The molecule has 302 valence electrons. The van der Waals surface area contributed by atoms with E-state index >= 15 is 4.79 Å². The summed E-state index contributed by atoms with van der Waals surface area (Å²) in [7, 11) is -3.11. The molecule has 4 amide bonds. The van der Waals surface area contributed by atoms with Crippen LogP contribution in [0.2, 0.25) is 0 Å². The molecule has 56 heavy (non-hydrogen) atoms. The molecule has 5 fully saturated rings. The average molecular weight is 796 g/mol. The number of nitrogens with one attached hydrogen (secondary N) is 2. The summed E-state index contributed by atoms with van der Waals surface area (Å²) in [5, 5.41) is 12.5. The number of hydrogen-bond donors (Lipinski definition) is 3. The first-order valence-electron chi connectivity index (χ1n) is 19.8. The van der Waals surface area contributed by atoms with Gasteiger partial charge in [0.1, 0.15) is 29.5 Å². The Hall–Kier alpha value is -4.47. The third-order valence-electron chi connectivity index (χ3n) is 13.1. The molecule has 4 saturated carbocycles. The highest BCUT2D eigenvalue weighted by Crippen LogP contribution is 2.54. The minimum Gasteiger partial charge on any atom is -0.497 e. The van der Waals surface area contributed by atoms with Crippen molar-refractivity contribution in [3.63, 3.8) is 0 Å². The largest absolute Gasteiger partial charge is 0.497 e. The maximum atomic E-state index is 15.2. The number of fused-ring (bicyclic) bond motifs is 4. The summed E-state index contributed by atoms with van der Waals surface area (Å²) in [5.41, 5.74) is -1.70. The van der Waals surface area contributed by atoms with E-state index in [1.807, 2.05) is 23.8 Å². The molecule has 3 N–H and O–H groups in total. The van der Waals surface area contributed by atoms with Crippen molar-refractivity contribution < 1.29 is 46.6 Å². The molecule has 6 aliphatic rings. The summed E-state index contributed by atoms with van der Waals surface area (Å²) in [5.74, 6) is -1.35. The lowest BCUT2D eigenvalue weighted by Crippen LogP contribution is -2.61. The van der Waals surface area contributed by atoms with E-state index in [0.29, 0.717) is 55.1 Å². The zero-order valence-corrected chi connectivity index (χ0v) is 32.7. The highest BCUT2D eigenvalue weighted by Gasteiger charge is 2.64. The van der Waals surface area contributed by atoms with Gasteiger partial charge in [0.25, 0.3) is 15.9 Å². The van der Waals surface area contributed by atoms with Crippen LogP contribution in [0.4, 0.5) is 9.18 Å². The van der Waals surface area contributed by atoms with Crippen LogP contribution in [0.15, 0.2) is 42.6 Å². The molecule has 3 heterocycles. The molecule has 9 atom stereocenters. The number of halogens is 1. The topological polar surface area (TPSA) is 185 Å². The molecule has 0 spiro atoms. The van der Waals surface area contributed by atoms with Crippen molar-refractivity contribution in [3.8, 4) is 11.6 Å². The van der Waals surface area contributed by atoms with E-state index in [0.717, 1.165) is 11.8 Å². The number of carboxylic acid groups (broad SMARTS) is 1. The van der Waals surface area contributed by atoms with Gasteiger partial charge < -0.3 is 24.8 Å². The van der Waals surface area contributed by atoms with Gasteiger partial charge in [0.2, 0.25) is 22.7 Å². The Morgan fingerprint density at radius 2 is 1.84 bits per heavy atom. The van der Waals surface area contributed by atoms with Crippen molar-refractivity contribution in [1.29, 1.82) is 0 Å². The van der Waals surface area contributed by atoms with E-state index in [9.17, 15) is 32.3 Å². The molecular formula is C40H50FN5O9S. The molecule has 2 aliphatic heterocycles. The number of hydrogen-bond acceptors (Lipinski definition) is 9. The minimum absolute atomic E-state index is 0.0198. The molecule has 0 unspecified atom stereocenters. The predicted molar refractivity (Wildman–Crippen MR) is 202 cm³/mol. The summed E-state index contributed by atoms with van der Waals surface area (Å²) in [6, 6.07) is 4.57. The van der Waals surface area contributed by atoms with Crippen molar-refractivity contribution in [2.45, 2.75) is 113 Å². The van der Waals surface area contributed by atoms with Crippen LogP contribution in [-0.4, -0.2) is 101 Å². The van der Waals surface area contributed by atoms with Crippen molar-refractivity contribution in [1.82, 2.24) is 24.8 Å². The van der Waals surface area contributed by atoms with Gasteiger partial charge in [-0.15, -0.1) is 0 Å². The molecule has 1 saturated heterocycles. The maximum Gasteiger partial charge on any atom is 0.408 e. The van der Waals surface area contributed by atoms with Crippen LogP contribution >= 0.6 is 0 Å². The summed E-state index contributed by atoms with van der Waals surface area (Å²) in [4.78, 5) is 63.9. The lowest BCUT2D eigenvalue weighted by molar-refractivity contribution is -0.145. The smallest absolute Gasteiger partial charge is 0.408 e. The van der Waals surface area contributed by atoms with Crippen LogP contribution < -0.4 is 19.5 Å². The lowest BCUT2D eigenvalue weighted by Gasteiger charge is -2.40. The van der Waals surface area contributed by atoms with Crippen LogP contribution in [0.5, 0.6) is 11.6 Å². The van der Waals surface area contributed by atoms with Crippen LogP contribution in [0.25, 0.3) is 10.8 Å². The van der Waals surface area contributed by atoms with Crippen LogP contribution in [0, 0.1) is 29.6 Å². The monoisotopic (exact) mass is 795 g/mol. The van der Waals surface area contributed by atoms with E-state index < -0.39 is 74.4 Å². The second kappa shape index (κ2) is 14.2. The number of carbonyl (C=O) groups excluding carboxylic acids is 3. The van der Waals surface area contributed by atoms with Gasteiger partial charge in [-0.25, -0.2) is 27.3 Å². The molecule has 1 aromatic carbocycles. The number of ether oxygens (including phenoxy) is 2. The Bertz CT molecular complexity index is 2070. The molecule has 2 aromatic rings. The van der Waals surface area contributed by atoms with Gasteiger partial charge >= 0.3 is 6.09 Å². The number of pyridine rings is 1. The third-order valence-corrected chi connectivity index (χ3v) is 14.9. The maximum absolute atomic E-state index is 15.2. The average Bonchev–Trinajstić information content (AvgIpc) is 4.11. The van der Waals surface area contributed by atoms with Gasteiger partial charge in [0, 0.05) is 42.8 Å². The summed E-state index contributed by atoms with van der Waals surface area (Å²) in [6.07, 6.45) is 7.23. The fourth-order valence-electron chi connectivity index (χ4n) is 9.58. The Morgan fingerprint density at radius 3 is 2.54 bits per heavy atom. The number of benzene rings is 1. The van der Waals surface area contributed by atoms with Gasteiger partial charge in [-0.1, -0.05) is 26.0 Å². The molecular weight excluding hydrogens is 746 g/mol. The SMILES string of the molecule is COc1ccc2c(O[C@@H]3C[C@H]4C(=O)N[C@]5(C(=O)NS(=O)(=O)C6(F)CC6)C[C@H]5C=CCC[C@@H](C)C[C@@H](C)[C@H](N(C(=O)O)C5C[C@@H]6C[C@H]6C5)C(=O)N4C3)nccc2c1. The normalized spacial score (nSPS) is 33.9. The van der Waals surface area contributed by atoms with Crippen LogP contribution in [-0.2, 0) is 24.4 Å². The Balaban J connectivity index is 1.15. The van der Waals surface area contributed by atoms with Crippen LogP contribution in [0.1, 0.15) is 78.1 Å². The number of methoxy groups -OCH3 is 1. The second-order valence-electron chi connectivity index (χ2n) is 17.1. The fourth-order valence-corrected chi connectivity index (χ4v) is 10.8. The minimum atomic E-state index is -4.67. The second-order valence-corrected chi connectivity index (χ2v) is 19.1. The number of allylic oxidation sites excluding steroid dienone is 1. The number of nitrogens with zero attached hydrogens (tertiary/aromatic N) is 3. The number of amides is 4. The predicted octanol–water partition coefficient (Wildman–Crippen LogP) is 4.53. The van der Waals surface area contributed by atoms with Gasteiger partial charge in [0.15, 0.2) is 0 Å². The Kier molecular flexibility index (Phi) is 9.72. The number of carbonyl (C=O) groups is 4. The summed E-state index contributed by atoms with van der Waals surface area (Å²) >= 11 is 0. The van der Waals surface area contributed by atoms with Gasteiger partial charge in [-0.2, -0.15) is 0 Å². The Morgan fingerprint density at radius 1 is 1.09 bits per heavy atom. The standard InChI is InChI=1S/C40H50FN5O9S/c1-22-6-4-5-7-27-20-40(27,37(49)44-56(52,53)39(41)11-12-39)43-34(47)32-19-30(55-35-31-9-8-29(54-3)18-24(31)10-13-42-35)21-45(32)36(48)33(23(2)14-22)46(38(50)51)28-16-25-15-26(25)17-28/h5,7-10,13,18,22-23,25-28,30,32-33H,4,6,11-12,14-17,19-21H2,1-3H3,(H,43,47)(H,44,49)(H,50,51)/t22-,23-,25+,26+,27-,30-,32+,33+,40-/m1/s1. The van der Waals surface area contributed by atoms with Gasteiger partial charge in [0.05, 0.1) is 13.7 Å². The van der Waals surface area contributed by atoms with E-state index in [4.69, 9.17) is 9.47 Å². The Labute approximate surface area is 325 Å². The summed E-state index contributed by atoms with van der Waals surface area (Å²) in [6.45, 7) is 3.89. The third kappa shape index (κ3) is 7.06. The first kappa shape index (κ1) is 38.4. The number of sulfonamides is 1. The van der Waals surface area contributed by atoms with Crippen molar-refractivity contribution in [3.05, 3.63) is 42.6 Å². The first-order valence-corrected chi connectivity index (χ1v) is 21.3. The van der Waals surface area contributed by atoms with Crippen LogP contribution in [0.3, 0.4) is 0 Å². The molecule has 0 bridgehead atoms. The molecule has 14 nitrogen and oxygen atoms in total. The fraction of sp³-hybridized carbons (Fsp3) is 0.625. The van der Waals surface area contributed by atoms with Gasteiger partial charge in [-0.3, -0.25) is 19.3 Å². The van der Waals surface area contributed by atoms with E-state index in [2.05, 4.69) is 17.2 Å². The molecule has 0 radical (unpaired) electrons. The summed E-state index contributed by atoms with van der Waals surface area (Å²) < 4.78 is 54.3. The van der Waals surface area contributed by atoms with Crippen molar-refractivity contribution >= 4 is 44.6 Å². The number of alkyl halides is 1. The molecule has 8 rings (SSSR count). The molecule has 4 aliphatic carbocycles. The first-order chi connectivity index (χ1) is 26.6. The number of aromatic nitrogens is 1. The van der Waals surface area contributed by atoms with E-state index in [1.54, 1.807) is 37.6 Å². The van der Waals surface area contributed by atoms with E-state index in [-0.39, 0.29) is 50.1 Å². The van der Waals surface area contributed by atoms with Gasteiger partial charge in [-0.05, 0) is 98.3 Å². The van der Waals surface area contributed by atoms with Crippen molar-refractivity contribution in [2.24, 2.45) is 29.6 Å². The number of rotatable bonds is 8. The molecule has 1 aromatic heterocycles. The van der Waals surface area contributed by atoms with Crippen molar-refractivity contribution in [2.75, 3.05) is 13.7 Å². The quantitative estimate of drug-likeness (QED) is 0.321. The zero-order chi connectivity index (χ0) is 39.7. The van der Waals surface area contributed by atoms with E-state index in [1.165, 1.54) is 9.80 Å². The highest BCUT2D eigenvalue weighted by molar-refractivity contribution is 7.91.